The summed E-state index contributed by atoms with van der Waals surface area (Å²) in [4.78, 5) is 20.0. The molecule has 4 rings (SSSR count). The van der Waals surface area contributed by atoms with Crippen LogP contribution in [0.4, 0.5) is 0 Å². The number of para-hydroxylation sites is 1. The number of amides is 1. The number of aromatic nitrogens is 1. The number of halogens is 1. The SMILES string of the molecule is COc1ccccc1C(=O)N(Cc1cc(Cl)ccc1OCc1nc(CO)cs1)C(C)c1ccccc1. The molecule has 1 amide bonds. The first-order chi connectivity index (χ1) is 17.5. The molecule has 1 atom stereocenters. The lowest BCUT2D eigenvalue weighted by atomic mass is 10.0. The van der Waals surface area contributed by atoms with Crippen LogP contribution in [0.2, 0.25) is 5.02 Å². The first kappa shape index (κ1) is 25.7. The predicted octanol–water partition coefficient (Wildman–Crippen LogP) is 6.28. The first-order valence-corrected chi connectivity index (χ1v) is 12.7. The highest BCUT2D eigenvalue weighted by molar-refractivity contribution is 7.09. The number of aliphatic hydroxyl groups excluding tert-OH is 1. The van der Waals surface area contributed by atoms with Gasteiger partial charge in [0.05, 0.1) is 37.6 Å². The molecule has 0 aliphatic carbocycles. The molecule has 1 heterocycles. The van der Waals surface area contributed by atoms with Crippen LogP contribution >= 0.6 is 22.9 Å². The molecule has 0 radical (unpaired) electrons. The molecule has 0 bridgehead atoms. The lowest BCUT2D eigenvalue weighted by molar-refractivity contribution is 0.0668. The molecule has 6 nitrogen and oxygen atoms in total. The minimum Gasteiger partial charge on any atom is -0.496 e. The zero-order chi connectivity index (χ0) is 25.5. The molecule has 8 heteroatoms. The zero-order valence-corrected chi connectivity index (χ0v) is 21.6. The molecule has 4 aromatic rings. The maximum absolute atomic E-state index is 13.9. The lowest BCUT2D eigenvalue weighted by Gasteiger charge is -2.31. The van der Waals surface area contributed by atoms with Crippen molar-refractivity contribution < 1.29 is 19.4 Å². The second-order valence-electron chi connectivity index (χ2n) is 8.15. The fourth-order valence-electron chi connectivity index (χ4n) is 3.90. The summed E-state index contributed by atoms with van der Waals surface area (Å²) < 4.78 is 11.6. The van der Waals surface area contributed by atoms with Crippen molar-refractivity contribution in [2.24, 2.45) is 0 Å². The van der Waals surface area contributed by atoms with Crippen LogP contribution in [-0.4, -0.2) is 28.0 Å². The topological polar surface area (TPSA) is 71.9 Å². The minimum atomic E-state index is -0.235. The van der Waals surface area contributed by atoms with Crippen LogP contribution in [-0.2, 0) is 19.8 Å². The van der Waals surface area contributed by atoms with E-state index in [2.05, 4.69) is 4.98 Å². The van der Waals surface area contributed by atoms with Crippen LogP contribution in [0.25, 0.3) is 0 Å². The molecule has 0 aliphatic heterocycles. The summed E-state index contributed by atoms with van der Waals surface area (Å²) >= 11 is 7.79. The molecule has 1 unspecified atom stereocenters. The molecular formula is C28H27ClN2O4S. The average molecular weight is 523 g/mol. The van der Waals surface area contributed by atoms with Gasteiger partial charge in [-0.15, -0.1) is 11.3 Å². The Kier molecular flexibility index (Phi) is 8.59. The largest absolute Gasteiger partial charge is 0.496 e. The van der Waals surface area contributed by atoms with Crippen molar-refractivity contribution in [1.29, 1.82) is 0 Å². The van der Waals surface area contributed by atoms with Crippen molar-refractivity contribution in [1.82, 2.24) is 9.88 Å². The van der Waals surface area contributed by atoms with Gasteiger partial charge in [-0.2, -0.15) is 0 Å². The first-order valence-electron chi connectivity index (χ1n) is 11.4. The third-order valence-corrected chi connectivity index (χ3v) is 6.93. The number of ether oxygens (including phenoxy) is 2. The van der Waals surface area contributed by atoms with E-state index >= 15 is 0 Å². The zero-order valence-electron chi connectivity index (χ0n) is 20.1. The Bertz CT molecular complexity index is 1310. The van der Waals surface area contributed by atoms with Crippen molar-refractivity contribution in [2.75, 3.05) is 7.11 Å². The molecule has 0 saturated carbocycles. The Morgan fingerprint density at radius 3 is 2.56 bits per heavy atom. The minimum absolute atomic E-state index is 0.111. The smallest absolute Gasteiger partial charge is 0.258 e. The van der Waals surface area contributed by atoms with Gasteiger partial charge in [0, 0.05) is 16.0 Å². The quantitative estimate of drug-likeness (QED) is 0.265. The summed E-state index contributed by atoms with van der Waals surface area (Å²) in [5.74, 6) is 0.958. The second kappa shape index (κ2) is 12.0. The second-order valence-corrected chi connectivity index (χ2v) is 9.53. The van der Waals surface area contributed by atoms with Crippen molar-refractivity contribution in [2.45, 2.75) is 32.7 Å². The van der Waals surface area contributed by atoms with Gasteiger partial charge in [-0.3, -0.25) is 4.79 Å². The number of hydrogen-bond acceptors (Lipinski definition) is 6. The highest BCUT2D eigenvalue weighted by atomic mass is 35.5. The fraction of sp³-hybridized carbons (Fsp3) is 0.214. The summed E-state index contributed by atoms with van der Waals surface area (Å²) in [6.45, 7) is 2.40. The number of benzene rings is 3. The highest BCUT2D eigenvalue weighted by Crippen LogP contribution is 2.32. The van der Waals surface area contributed by atoms with Crippen molar-refractivity contribution in [3.63, 3.8) is 0 Å². The number of nitrogens with zero attached hydrogens (tertiary/aromatic N) is 2. The maximum Gasteiger partial charge on any atom is 0.258 e. The number of thiazole rings is 1. The Hall–Kier alpha value is -3.39. The summed E-state index contributed by atoms with van der Waals surface area (Å²) in [6, 6.07) is 22.2. The van der Waals surface area contributed by atoms with E-state index in [0.717, 1.165) is 16.1 Å². The Morgan fingerprint density at radius 2 is 1.83 bits per heavy atom. The van der Waals surface area contributed by atoms with Crippen molar-refractivity contribution in [3.8, 4) is 11.5 Å². The maximum atomic E-state index is 13.9. The molecule has 1 N–H and O–H groups in total. The number of carbonyl (C=O) groups excluding carboxylic acids is 1. The van der Waals surface area contributed by atoms with E-state index in [4.69, 9.17) is 21.1 Å². The molecule has 0 spiro atoms. The number of methoxy groups -OCH3 is 1. The molecule has 3 aromatic carbocycles. The standard InChI is InChI=1S/C28H27ClN2O4S/c1-19(20-8-4-3-5-9-20)31(28(33)24-10-6-7-11-26(24)34-2)15-21-14-22(29)12-13-25(21)35-17-27-30-23(16-32)18-36-27/h3-14,18-19,32H,15-17H2,1-2H3. The van der Waals surface area contributed by atoms with Crippen LogP contribution < -0.4 is 9.47 Å². The number of hydrogen-bond donors (Lipinski definition) is 1. The summed E-state index contributed by atoms with van der Waals surface area (Å²) in [6.07, 6.45) is 0. The van der Waals surface area contributed by atoms with Gasteiger partial charge < -0.3 is 19.5 Å². The summed E-state index contributed by atoms with van der Waals surface area (Å²) in [7, 11) is 1.56. The molecule has 0 fully saturated rings. The van der Waals surface area contributed by atoms with Crippen LogP contribution in [0.3, 0.4) is 0 Å². The van der Waals surface area contributed by atoms with Gasteiger partial charge in [-0.1, -0.05) is 54.1 Å². The normalized spacial score (nSPS) is 11.7. The molecule has 0 aliphatic rings. The van der Waals surface area contributed by atoms with Gasteiger partial charge in [-0.05, 0) is 42.8 Å². The van der Waals surface area contributed by atoms with Gasteiger partial charge in [0.25, 0.3) is 5.91 Å². The molecule has 186 valence electrons. The fourth-order valence-corrected chi connectivity index (χ4v) is 4.79. The van der Waals surface area contributed by atoms with E-state index in [9.17, 15) is 9.90 Å². The van der Waals surface area contributed by atoms with Crippen molar-refractivity contribution in [3.05, 3.63) is 111 Å². The van der Waals surface area contributed by atoms with Crippen molar-refractivity contribution >= 4 is 28.8 Å². The van der Waals surface area contributed by atoms with E-state index < -0.39 is 0 Å². The van der Waals surface area contributed by atoms with Gasteiger partial charge in [-0.25, -0.2) is 4.98 Å². The summed E-state index contributed by atoms with van der Waals surface area (Å²) in [5, 5.41) is 12.4. The Balaban J connectivity index is 1.67. The van der Waals surface area contributed by atoms with Crippen LogP contribution in [0.1, 0.15) is 45.2 Å². The van der Waals surface area contributed by atoms with Crippen LogP contribution in [0.5, 0.6) is 11.5 Å². The number of rotatable bonds is 10. The van der Waals surface area contributed by atoms with Gasteiger partial charge in [0.2, 0.25) is 0 Å². The molecule has 0 saturated heterocycles. The predicted molar refractivity (Wildman–Crippen MR) is 142 cm³/mol. The van der Waals surface area contributed by atoms with Gasteiger partial charge in [0.15, 0.2) is 0 Å². The molecule has 36 heavy (non-hydrogen) atoms. The molecular weight excluding hydrogens is 496 g/mol. The number of aliphatic hydroxyl groups is 1. The molecule has 1 aromatic heterocycles. The summed E-state index contributed by atoms with van der Waals surface area (Å²) in [5.41, 5.74) is 2.86. The third-order valence-electron chi connectivity index (χ3n) is 5.82. The van der Waals surface area contributed by atoms with Crippen LogP contribution in [0, 0.1) is 0 Å². The van der Waals surface area contributed by atoms with E-state index in [1.807, 2.05) is 55.5 Å². The highest BCUT2D eigenvalue weighted by Gasteiger charge is 2.26. The Labute approximate surface area is 219 Å². The third kappa shape index (κ3) is 6.05. The average Bonchev–Trinajstić information content (AvgIpc) is 3.39. The van der Waals surface area contributed by atoms with E-state index in [1.165, 1.54) is 11.3 Å². The van der Waals surface area contributed by atoms with Crippen LogP contribution in [0.15, 0.2) is 78.2 Å². The van der Waals surface area contributed by atoms with Gasteiger partial charge in [0.1, 0.15) is 23.1 Å². The lowest BCUT2D eigenvalue weighted by Crippen LogP contribution is -2.33. The number of carbonyl (C=O) groups is 1. The van der Waals surface area contributed by atoms with E-state index in [1.54, 1.807) is 41.7 Å². The van der Waals surface area contributed by atoms with Gasteiger partial charge >= 0.3 is 0 Å². The Morgan fingerprint density at radius 1 is 1.08 bits per heavy atom. The monoisotopic (exact) mass is 522 g/mol. The van der Waals surface area contributed by atoms with E-state index in [0.29, 0.717) is 27.8 Å². The van der Waals surface area contributed by atoms with E-state index in [-0.39, 0.29) is 31.7 Å².